The van der Waals surface area contributed by atoms with Gasteiger partial charge in [-0.3, -0.25) is 14.4 Å². The lowest BCUT2D eigenvalue weighted by molar-refractivity contribution is -0.166. The van der Waals surface area contributed by atoms with Gasteiger partial charge in [-0.2, -0.15) is 0 Å². The van der Waals surface area contributed by atoms with Crippen LogP contribution in [0.5, 0.6) is 0 Å². The van der Waals surface area contributed by atoms with Crippen LogP contribution >= 0.6 is 0 Å². The van der Waals surface area contributed by atoms with E-state index < -0.39 is 12.1 Å². The van der Waals surface area contributed by atoms with Crippen molar-refractivity contribution in [2.75, 3.05) is 13.2 Å². The molecule has 0 heterocycles. The minimum absolute atomic E-state index is 0.104. The Morgan fingerprint density at radius 2 is 0.518 bits per heavy atom. The minimum atomic E-state index is -0.818. The lowest BCUT2D eigenvalue weighted by atomic mass is 10.0. The largest absolute Gasteiger partial charge is 0.462 e. The molecule has 0 aromatic carbocycles. The molecule has 1 atom stereocenters. The standard InChI is InChI=1S/C77H134O6/c1-4-7-10-13-16-19-22-25-28-30-32-34-35-36-37-38-39-40-41-43-44-46-49-52-55-58-61-64-67-70-76(79)82-73-74(72-81-75(78)69-66-63-60-57-54-51-48-27-24-21-18-15-12-9-6-3)83-77(80)71-68-65-62-59-56-53-50-47-45-42-33-31-29-26-23-20-17-14-11-8-5-2/h9,12,18,21-22,25,27,30,32,35-36,48,54,57,63,66,74H,4-8,10-11,13-17,19-20,23-24,26,28-29,31,33-34,37-47,49-53,55-56,58-62,64-65,67-73H2,1-3H3/b12-9-,21-18-,25-22-,32-30-,36-35-,48-27-,57-54-,66-63-. The molecule has 0 saturated heterocycles. The summed E-state index contributed by atoms with van der Waals surface area (Å²) in [5.41, 5.74) is 0. The summed E-state index contributed by atoms with van der Waals surface area (Å²) in [5.74, 6) is -1.02. The first kappa shape index (κ1) is 79.3. The highest BCUT2D eigenvalue weighted by atomic mass is 16.6. The second-order valence-electron chi connectivity index (χ2n) is 23.8. The molecule has 83 heavy (non-hydrogen) atoms. The molecule has 6 heteroatoms. The van der Waals surface area contributed by atoms with Crippen molar-refractivity contribution in [3.63, 3.8) is 0 Å². The predicted octanol–water partition coefficient (Wildman–Crippen LogP) is 24.8. The second kappa shape index (κ2) is 70.8. The average Bonchev–Trinajstić information content (AvgIpc) is 3.49. The van der Waals surface area contributed by atoms with Crippen LogP contribution in [-0.4, -0.2) is 37.2 Å². The molecular formula is C77H134O6. The maximum atomic E-state index is 12.9. The van der Waals surface area contributed by atoms with Crippen LogP contribution in [0.4, 0.5) is 0 Å². The number of carbonyl (C=O) groups excluding carboxylic acids is 3. The minimum Gasteiger partial charge on any atom is -0.462 e. The van der Waals surface area contributed by atoms with Crippen LogP contribution in [0.1, 0.15) is 355 Å². The van der Waals surface area contributed by atoms with Crippen molar-refractivity contribution >= 4 is 17.9 Å². The number of unbranched alkanes of at least 4 members (excludes halogenated alkanes) is 39. The van der Waals surface area contributed by atoms with Crippen molar-refractivity contribution < 1.29 is 28.6 Å². The lowest BCUT2D eigenvalue weighted by Crippen LogP contribution is -2.30. The summed E-state index contributed by atoms with van der Waals surface area (Å²) in [7, 11) is 0. The Hall–Kier alpha value is -3.67. The van der Waals surface area contributed by atoms with E-state index in [2.05, 4.69) is 106 Å². The molecular weight excluding hydrogens is 1020 g/mol. The molecule has 1 unspecified atom stereocenters. The van der Waals surface area contributed by atoms with Gasteiger partial charge in [-0.1, -0.05) is 349 Å². The van der Waals surface area contributed by atoms with Crippen LogP contribution in [0.3, 0.4) is 0 Å². The van der Waals surface area contributed by atoms with Crippen molar-refractivity contribution in [3.8, 4) is 0 Å². The molecule has 0 aliphatic carbocycles. The first-order valence-corrected chi connectivity index (χ1v) is 35.7. The summed E-state index contributed by atoms with van der Waals surface area (Å²) in [5, 5.41) is 0. The molecule has 6 nitrogen and oxygen atoms in total. The maximum Gasteiger partial charge on any atom is 0.309 e. The zero-order valence-corrected chi connectivity index (χ0v) is 54.9. The zero-order chi connectivity index (χ0) is 59.9. The highest BCUT2D eigenvalue weighted by molar-refractivity contribution is 5.72. The number of hydrogen-bond donors (Lipinski definition) is 0. The Labute approximate surface area is 515 Å². The molecule has 0 radical (unpaired) electrons. The number of ether oxygens (including phenoxy) is 3. The Kier molecular flexibility index (Phi) is 67.7. The Morgan fingerprint density at radius 3 is 0.843 bits per heavy atom. The van der Waals surface area contributed by atoms with E-state index in [0.717, 1.165) is 83.5 Å². The predicted molar refractivity (Wildman–Crippen MR) is 362 cm³/mol. The number of carbonyl (C=O) groups is 3. The maximum absolute atomic E-state index is 12.9. The average molecular weight is 1160 g/mol. The fourth-order valence-electron chi connectivity index (χ4n) is 10.3. The van der Waals surface area contributed by atoms with E-state index in [1.165, 1.54) is 231 Å². The fraction of sp³-hybridized carbons (Fsp3) is 0.753. The van der Waals surface area contributed by atoms with Gasteiger partial charge in [0.25, 0.3) is 0 Å². The molecule has 0 bridgehead atoms. The Bertz CT molecular complexity index is 1610. The third-order valence-electron chi connectivity index (χ3n) is 15.6. The molecule has 0 amide bonds. The van der Waals surface area contributed by atoms with Gasteiger partial charge in [0.1, 0.15) is 13.2 Å². The summed E-state index contributed by atoms with van der Waals surface area (Å²) in [4.78, 5) is 38.4. The Morgan fingerprint density at radius 1 is 0.265 bits per heavy atom. The van der Waals surface area contributed by atoms with Crippen LogP contribution in [0.25, 0.3) is 0 Å². The molecule has 0 aliphatic rings. The van der Waals surface area contributed by atoms with Gasteiger partial charge in [0.2, 0.25) is 0 Å². The van der Waals surface area contributed by atoms with E-state index >= 15 is 0 Å². The van der Waals surface area contributed by atoms with Gasteiger partial charge in [-0.25, -0.2) is 0 Å². The van der Waals surface area contributed by atoms with Gasteiger partial charge in [0, 0.05) is 12.8 Å². The number of allylic oxidation sites excluding steroid dienone is 15. The first-order chi connectivity index (χ1) is 41.0. The fourth-order valence-corrected chi connectivity index (χ4v) is 10.3. The summed E-state index contributed by atoms with van der Waals surface area (Å²) in [6.45, 7) is 6.48. The Balaban J connectivity index is 4.32. The number of rotatable bonds is 65. The molecule has 0 aromatic heterocycles. The lowest BCUT2D eigenvalue weighted by Gasteiger charge is -2.18. The van der Waals surface area contributed by atoms with E-state index in [1.54, 1.807) is 0 Å². The molecule has 0 aromatic rings. The molecule has 0 aliphatic heterocycles. The smallest absolute Gasteiger partial charge is 0.309 e. The topological polar surface area (TPSA) is 78.9 Å². The summed E-state index contributed by atoms with van der Waals surface area (Å²) in [6, 6.07) is 0. The highest BCUT2D eigenvalue weighted by Gasteiger charge is 2.19. The van der Waals surface area contributed by atoms with Crippen molar-refractivity contribution in [1.82, 2.24) is 0 Å². The summed E-state index contributed by atoms with van der Waals surface area (Å²) in [6.07, 6.45) is 96.1. The third-order valence-corrected chi connectivity index (χ3v) is 15.6. The summed E-state index contributed by atoms with van der Waals surface area (Å²) < 4.78 is 16.9. The normalized spacial score (nSPS) is 12.7. The van der Waals surface area contributed by atoms with E-state index in [4.69, 9.17) is 14.2 Å². The number of esters is 3. The molecule has 478 valence electrons. The highest BCUT2D eigenvalue weighted by Crippen LogP contribution is 2.18. The van der Waals surface area contributed by atoms with Crippen LogP contribution < -0.4 is 0 Å². The van der Waals surface area contributed by atoms with Crippen molar-refractivity contribution in [2.45, 2.75) is 361 Å². The second-order valence-corrected chi connectivity index (χ2v) is 23.8. The molecule has 0 rings (SSSR count). The zero-order valence-electron chi connectivity index (χ0n) is 54.9. The van der Waals surface area contributed by atoms with Gasteiger partial charge in [0.05, 0.1) is 6.42 Å². The SMILES string of the molecule is CC/C=C\C/C=C\C/C=C\C/C=C\C/C=C\CC(=O)OCC(COC(=O)CCCCCCCCCCCCCCCC/C=C\C/C=C\C/C=C\CCCCCCC)OC(=O)CCCCCCCCCCCCCCCCCCCCCCC. The van der Waals surface area contributed by atoms with Crippen LogP contribution in [0.15, 0.2) is 97.2 Å². The van der Waals surface area contributed by atoms with Gasteiger partial charge in [0.15, 0.2) is 6.10 Å². The first-order valence-electron chi connectivity index (χ1n) is 35.7. The van der Waals surface area contributed by atoms with Crippen molar-refractivity contribution in [3.05, 3.63) is 97.2 Å². The quantitative estimate of drug-likeness (QED) is 0.0261. The van der Waals surface area contributed by atoms with E-state index in [0.29, 0.717) is 12.8 Å². The molecule has 0 spiro atoms. The number of hydrogen-bond acceptors (Lipinski definition) is 6. The van der Waals surface area contributed by atoms with Gasteiger partial charge >= 0.3 is 17.9 Å². The molecule has 0 fully saturated rings. The van der Waals surface area contributed by atoms with Crippen LogP contribution in [0.2, 0.25) is 0 Å². The molecule has 0 N–H and O–H groups in total. The van der Waals surface area contributed by atoms with E-state index in [9.17, 15) is 14.4 Å². The van der Waals surface area contributed by atoms with Crippen LogP contribution in [-0.2, 0) is 28.6 Å². The van der Waals surface area contributed by atoms with Crippen molar-refractivity contribution in [2.24, 2.45) is 0 Å². The van der Waals surface area contributed by atoms with Crippen molar-refractivity contribution in [1.29, 1.82) is 0 Å². The van der Waals surface area contributed by atoms with E-state index in [-0.39, 0.29) is 31.6 Å². The van der Waals surface area contributed by atoms with Gasteiger partial charge in [-0.15, -0.1) is 0 Å². The third kappa shape index (κ3) is 69.0. The summed E-state index contributed by atoms with van der Waals surface area (Å²) >= 11 is 0. The van der Waals surface area contributed by atoms with E-state index in [1.807, 2.05) is 12.2 Å². The monoisotopic (exact) mass is 1160 g/mol. The van der Waals surface area contributed by atoms with Gasteiger partial charge in [-0.05, 0) is 83.5 Å². The van der Waals surface area contributed by atoms with Crippen LogP contribution in [0, 0.1) is 0 Å². The van der Waals surface area contributed by atoms with Gasteiger partial charge < -0.3 is 14.2 Å². The molecule has 0 saturated carbocycles.